The van der Waals surface area contributed by atoms with Gasteiger partial charge in [0, 0.05) is 27.0 Å². The number of halogens is 2. The van der Waals surface area contributed by atoms with E-state index < -0.39 is 15.8 Å². The Kier molecular flexibility index (Phi) is 4.24. The number of hydrogen-bond donors (Lipinski definition) is 2. The topological polar surface area (TPSA) is 72.2 Å². The maximum absolute atomic E-state index is 13.1. The highest BCUT2D eigenvalue weighted by Gasteiger charge is 2.15. The van der Waals surface area contributed by atoms with Crippen LogP contribution in [0.5, 0.6) is 0 Å². The molecule has 0 bridgehead atoms. The molecule has 0 fully saturated rings. The van der Waals surface area contributed by atoms with Crippen molar-refractivity contribution >= 4 is 43.0 Å². The van der Waals surface area contributed by atoms with Gasteiger partial charge in [0.05, 0.1) is 4.90 Å². The molecule has 8 heteroatoms. The second-order valence-corrected chi connectivity index (χ2v) is 7.45. The van der Waals surface area contributed by atoms with Crippen LogP contribution < -0.4 is 10.5 Å². The first-order valence-corrected chi connectivity index (χ1v) is 8.31. The molecule has 1 aromatic carbocycles. The van der Waals surface area contributed by atoms with Crippen LogP contribution in [0.1, 0.15) is 4.88 Å². The molecule has 0 spiro atoms. The van der Waals surface area contributed by atoms with Gasteiger partial charge in [-0.3, -0.25) is 0 Å². The van der Waals surface area contributed by atoms with Gasteiger partial charge in [0.15, 0.2) is 0 Å². The monoisotopic (exact) mass is 364 g/mol. The molecular formula is C11H10BrFN2O2S2. The molecular weight excluding hydrogens is 355 g/mol. The lowest BCUT2D eigenvalue weighted by Gasteiger charge is -2.06. The van der Waals surface area contributed by atoms with Crippen molar-refractivity contribution < 1.29 is 12.8 Å². The maximum atomic E-state index is 13.1. The van der Waals surface area contributed by atoms with E-state index in [2.05, 4.69) is 20.7 Å². The molecule has 0 saturated carbocycles. The Morgan fingerprint density at radius 3 is 2.63 bits per heavy atom. The number of anilines is 1. The number of nitrogens with two attached hydrogens (primary N) is 1. The Balaban J connectivity index is 2.18. The summed E-state index contributed by atoms with van der Waals surface area (Å²) in [4.78, 5) is 0.667. The molecule has 0 saturated heterocycles. The van der Waals surface area contributed by atoms with Crippen molar-refractivity contribution in [3.05, 3.63) is 44.8 Å². The van der Waals surface area contributed by atoms with Gasteiger partial charge in [-0.15, -0.1) is 11.3 Å². The Labute approximate surface area is 122 Å². The SMILES string of the molecule is Nc1cc(F)cc(S(=O)(=O)NCc2cc(Br)cs2)c1. The van der Waals surface area contributed by atoms with Gasteiger partial charge in [0.2, 0.25) is 10.0 Å². The smallest absolute Gasteiger partial charge is 0.241 e. The molecule has 102 valence electrons. The summed E-state index contributed by atoms with van der Waals surface area (Å²) in [5.74, 6) is -0.681. The molecule has 4 nitrogen and oxygen atoms in total. The first kappa shape index (κ1) is 14.4. The zero-order valence-electron chi connectivity index (χ0n) is 9.56. The Bertz CT molecular complexity index is 680. The van der Waals surface area contributed by atoms with Gasteiger partial charge >= 0.3 is 0 Å². The van der Waals surface area contributed by atoms with Crippen molar-refractivity contribution in [2.24, 2.45) is 0 Å². The van der Waals surface area contributed by atoms with E-state index in [-0.39, 0.29) is 17.1 Å². The highest BCUT2D eigenvalue weighted by molar-refractivity contribution is 9.10. The summed E-state index contributed by atoms with van der Waals surface area (Å²) in [6.07, 6.45) is 0. The lowest BCUT2D eigenvalue weighted by Crippen LogP contribution is -2.23. The zero-order chi connectivity index (χ0) is 14.0. The highest BCUT2D eigenvalue weighted by atomic mass is 79.9. The van der Waals surface area contributed by atoms with Gasteiger partial charge < -0.3 is 5.73 Å². The molecule has 1 aromatic heterocycles. The fourth-order valence-electron chi connectivity index (χ4n) is 1.44. The molecule has 0 radical (unpaired) electrons. The Morgan fingerprint density at radius 2 is 2.05 bits per heavy atom. The summed E-state index contributed by atoms with van der Waals surface area (Å²) in [5, 5.41) is 1.85. The number of hydrogen-bond acceptors (Lipinski definition) is 4. The van der Waals surface area contributed by atoms with Gasteiger partial charge in [0.1, 0.15) is 5.82 Å². The lowest BCUT2D eigenvalue weighted by atomic mass is 10.3. The molecule has 3 N–H and O–H groups in total. The first-order chi connectivity index (χ1) is 8.87. The van der Waals surface area contributed by atoms with Crippen molar-refractivity contribution in [1.29, 1.82) is 0 Å². The Morgan fingerprint density at radius 1 is 1.32 bits per heavy atom. The van der Waals surface area contributed by atoms with Crippen LogP contribution in [0.3, 0.4) is 0 Å². The van der Waals surface area contributed by atoms with Crippen molar-refractivity contribution in [2.75, 3.05) is 5.73 Å². The van der Waals surface area contributed by atoms with Gasteiger partial charge in [-0.05, 0) is 40.2 Å². The van der Waals surface area contributed by atoms with Crippen molar-refractivity contribution in [3.63, 3.8) is 0 Å². The minimum absolute atomic E-state index is 0.0687. The van der Waals surface area contributed by atoms with Crippen LogP contribution in [0.15, 0.2) is 39.0 Å². The molecule has 0 aliphatic heterocycles. The minimum Gasteiger partial charge on any atom is -0.399 e. The van der Waals surface area contributed by atoms with Crippen LogP contribution in [0.2, 0.25) is 0 Å². The molecule has 2 rings (SSSR count). The summed E-state index contributed by atoms with van der Waals surface area (Å²) in [6.45, 7) is 0.148. The number of thiophene rings is 1. The van der Waals surface area contributed by atoms with Gasteiger partial charge in [-0.25, -0.2) is 17.5 Å². The molecule has 0 aliphatic carbocycles. The van der Waals surface area contributed by atoms with Crippen LogP contribution >= 0.6 is 27.3 Å². The third kappa shape index (κ3) is 3.75. The van der Waals surface area contributed by atoms with Crippen LogP contribution in [0, 0.1) is 5.82 Å². The van der Waals surface area contributed by atoms with E-state index in [4.69, 9.17) is 5.73 Å². The normalized spacial score (nSPS) is 11.7. The van der Waals surface area contributed by atoms with E-state index in [1.54, 1.807) is 0 Å². The van der Waals surface area contributed by atoms with Gasteiger partial charge in [0.25, 0.3) is 0 Å². The number of nitrogen functional groups attached to an aromatic ring is 1. The molecule has 1 heterocycles. The van der Waals surface area contributed by atoms with E-state index in [9.17, 15) is 12.8 Å². The standard InChI is InChI=1S/C11H10BrFN2O2S2/c12-7-1-10(18-6-7)5-15-19(16,17)11-3-8(13)2-9(14)4-11/h1-4,6,15H,5,14H2. The minimum atomic E-state index is -3.77. The largest absolute Gasteiger partial charge is 0.399 e. The first-order valence-electron chi connectivity index (χ1n) is 5.15. The predicted molar refractivity (Wildman–Crippen MR) is 76.9 cm³/mol. The molecule has 0 atom stereocenters. The van der Waals surface area contributed by atoms with Crippen molar-refractivity contribution in [3.8, 4) is 0 Å². The summed E-state index contributed by atoms with van der Waals surface area (Å²) in [7, 11) is -3.77. The predicted octanol–water partition coefficient (Wildman–Crippen LogP) is 2.71. The van der Waals surface area contributed by atoms with Crippen molar-refractivity contribution in [2.45, 2.75) is 11.4 Å². The van der Waals surface area contributed by atoms with Crippen LogP contribution in [-0.4, -0.2) is 8.42 Å². The van der Waals surface area contributed by atoms with E-state index in [0.717, 1.165) is 21.5 Å². The zero-order valence-corrected chi connectivity index (χ0v) is 12.8. The molecule has 0 unspecified atom stereocenters. The number of rotatable bonds is 4. The molecule has 0 aliphatic rings. The number of nitrogens with one attached hydrogen (secondary N) is 1. The third-order valence-corrected chi connectivity index (χ3v) is 5.34. The second kappa shape index (κ2) is 5.58. The lowest BCUT2D eigenvalue weighted by molar-refractivity contribution is 0.578. The van der Waals surface area contributed by atoms with Crippen LogP contribution in [-0.2, 0) is 16.6 Å². The van der Waals surface area contributed by atoms with E-state index in [0.29, 0.717) is 0 Å². The highest BCUT2D eigenvalue weighted by Crippen LogP contribution is 2.21. The summed E-state index contributed by atoms with van der Waals surface area (Å²) < 4.78 is 40.4. The van der Waals surface area contributed by atoms with E-state index >= 15 is 0 Å². The summed E-state index contributed by atoms with van der Waals surface area (Å²) in [6, 6.07) is 5.03. The molecule has 2 aromatic rings. The third-order valence-electron chi connectivity index (χ3n) is 2.26. The van der Waals surface area contributed by atoms with Gasteiger partial charge in [-0.2, -0.15) is 0 Å². The van der Waals surface area contributed by atoms with Crippen LogP contribution in [0.4, 0.5) is 10.1 Å². The molecule has 0 amide bonds. The molecule has 19 heavy (non-hydrogen) atoms. The van der Waals surface area contributed by atoms with Gasteiger partial charge in [-0.1, -0.05) is 0 Å². The number of benzene rings is 1. The fraction of sp³-hybridized carbons (Fsp3) is 0.0909. The summed E-state index contributed by atoms with van der Waals surface area (Å²) in [5.41, 5.74) is 5.50. The average Bonchev–Trinajstić information content (AvgIpc) is 2.71. The van der Waals surface area contributed by atoms with Crippen molar-refractivity contribution in [1.82, 2.24) is 4.72 Å². The fourth-order valence-corrected chi connectivity index (χ4v) is 3.99. The average molecular weight is 365 g/mol. The second-order valence-electron chi connectivity index (χ2n) is 3.78. The quantitative estimate of drug-likeness (QED) is 0.819. The Hall–Kier alpha value is -0.960. The summed E-state index contributed by atoms with van der Waals surface area (Å²) >= 11 is 4.70. The van der Waals surface area contributed by atoms with Crippen LogP contribution in [0.25, 0.3) is 0 Å². The maximum Gasteiger partial charge on any atom is 0.241 e. The van der Waals surface area contributed by atoms with E-state index in [1.807, 2.05) is 11.4 Å². The number of sulfonamides is 1. The van der Waals surface area contributed by atoms with E-state index in [1.165, 1.54) is 17.4 Å².